The summed E-state index contributed by atoms with van der Waals surface area (Å²) in [4.78, 5) is 36.6. The van der Waals surface area contributed by atoms with E-state index in [1.807, 2.05) is 38.1 Å². The van der Waals surface area contributed by atoms with Gasteiger partial charge in [0.1, 0.15) is 6.04 Å². The van der Waals surface area contributed by atoms with Crippen molar-refractivity contribution >= 4 is 23.4 Å². The van der Waals surface area contributed by atoms with E-state index in [2.05, 4.69) is 36.7 Å². The van der Waals surface area contributed by atoms with Crippen molar-refractivity contribution in [1.29, 1.82) is 0 Å². The number of hydrogen-bond acceptors (Lipinski definition) is 3. The smallest absolute Gasteiger partial charge is 0.251 e. The number of benzene rings is 2. The molecule has 0 saturated heterocycles. The molecule has 0 bridgehead atoms. The minimum Gasteiger partial charge on any atom is -0.350 e. The molecule has 6 nitrogen and oxygen atoms in total. The second-order valence-corrected chi connectivity index (χ2v) is 9.08. The summed E-state index contributed by atoms with van der Waals surface area (Å²) >= 11 is 0. The van der Waals surface area contributed by atoms with Crippen LogP contribution in [0.15, 0.2) is 48.5 Å². The average molecular weight is 424 g/mol. The van der Waals surface area contributed by atoms with Crippen molar-refractivity contribution in [2.45, 2.75) is 59.5 Å². The maximum atomic E-state index is 12.4. The Bertz CT molecular complexity index is 911. The van der Waals surface area contributed by atoms with Gasteiger partial charge in [0.25, 0.3) is 5.91 Å². The Morgan fingerprint density at radius 3 is 1.94 bits per heavy atom. The van der Waals surface area contributed by atoms with E-state index in [1.165, 1.54) is 0 Å². The van der Waals surface area contributed by atoms with Crippen LogP contribution < -0.4 is 16.0 Å². The summed E-state index contributed by atoms with van der Waals surface area (Å²) in [5, 5.41) is 8.38. The van der Waals surface area contributed by atoms with Crippen molar-refractivity contribution < 1.29 is 14.4 Å². The molecule has 6 heteroatoms. The molecule has 0 aliphatic carbocycles. The molecule has 2 aromatic rings. The Balaban J connectivity index is 1.85. The van der Waals surface area contributed by atoms with Gasteiger partial charge in [0.15, 0.2) is 0 Å². The minimum atomic E-state index is -0.667. The van der Waals surface area contributed by atoms with Crippen LogP contribution in [0.4, 0.5) is 5.69 Å². The molecule has 0 aliphatic heterocycles. The van der Waals surface area contributed by atoms with Gasteiger partial charge in [-0.1, -0.05) is 58.9 Å². The fourth-order valence-electron chi connectivity index (χ4n) is 2.80. The monoisotopic (exact) mass is 423 g/mol. The van der Waals surface area contributed by atoms with E-state index >= 15 is 0 Å². The van der Waals surface area contributed by atoms with E-state index in [-0.39, 0.29) is 29.1 Å². The molecule has 0 fully saturated rings. The zero-order valence-electron chi connectivity index (χ0n) is 19.2. The van der Waals surface area contributed by atoms with Crippen LogP contribution in [0, 0.1) is 5.92 Å². The molecule has 0 heterocycles. The number of anilines is 1. The first-order chi connectivity index (χ1) is 14.5. The predicted molar refractivity (Wildman–Crippen MR) is 124 cm³/mol. The Morgan fingerprint density at radius 1 is 0.839 bits per heavy atom. The number of amides is 3. The molecule has 166 valence electrons. The third-order valence-corrected chi connectivity index (χ3v) is 4.97. The van der Waals surface area contributed by atoms with E-state index in [4.69, 9.17) is 0 Å². The minimum absolute atomic E-state index is 0.0143. The third-order valence-electron chi connectivity index (χ3n) is 4.97. The van der Waals surface area contributed by atoms with Gasteiger partial charge in [0.05, 0.1) is 0 Å². The van der Waals surface area contributed by atoms with Gasteiger partial charge in [0, 0.05) is 23.7 Å². The lowest BCUT2D eigenvalue weighted by Gasteiger charge is -2.19. The summed E-state index contributed by atoms with van der Waals surface area (Å²) in [6.45, 7) is 12.0. The molecule has 3 N–H and O–H groups in total. The Labute approximate surface area is 184 Å². The summed E-state index contributed by atoms with van der Waals surface area (Å²) in [6, 6.07) is 14.1. The Hall–Kier alpha value is -3.15. The van der Waals surface area contributed by atoms with Crippen molar-refractivity contribution in [1.82, 2.24) is 10.6 Å². The lowest BCUT2D eigenvalue weighted by molar-refractivity contribution is -0.122. The van der Waals surface area contributed by atoms with Crippen LogP contribution in [0.3, 0.4) is 0 Å². The fourth-order valence-corrected chi connectivity index (χ4v) is 2.80. The number of hydrogen-bond donors (Lipinski definition) is 3. The van der Waals surface area contributed by atoms with Gasteiger partial charge >= 0.3 is 0 Å². The molecule has 0 aromatic heterocycles. The molecule has 2 rings (SSSR count). The highest BCUT2D eigenvalue weighted by atomic mass is 16.2. The van der Waals surface area contributed by atoms with Crippen LogP contribution in [-0.2, 0) is 21.5 Å². The average Bonchev–Trinajstić information content (AvgIpc) is 2.72. The van der Waals surface area contributed by atoms with Crippen LogP contribution in [0.25, 0.3) is 0 Å². The van der Waals surface area contributed by atoms with E-state index < -0.39 is 6.04 Å². The zero-order chi connectivity index (χ0) is 23.2. The molecule has 1 atom stereocenters. The standard InChI is InChI=1S/C25H33N3O3/c1-16(2)22(29)28-21-13-7-18(8-14-21)15-26-23(30)17(3)27-24(31)19-9-11-20(12-10-19)25(4,5)6/h7-14,16-17H,15H2,1-6H3,(H,26,30)(H,27,31)(H,28,29). The summed E-state index contributed by atoms with van der Waals surface area (Å²) < 4.78 is 0. The molecule has 31 heavy (non-hydrogen) atoms. The highest BCUT2D eigenvalue weighted by Gasteiger charge is 2.18. The zero-order valence-corrected chi connectivity index (χ0v) is 19.2. The van der Waals surface area contributed by atoms with Gasteiger partial charge in [-0.25, -0.2) is 0 Å². The molecule has 0 spiro atoms. The van der Waals surface area contributed by atoms with Crippen LogP contribution in [0.1, 0.15) is 63.0 Å². The first-order valence-corrected chi connectivity index (χ1v) is 10.6. The Kier molecular flexibility index (Phi) is 7.97. The molecule has 3 amide bonds. The quantitative estimate of drug-likeness (QED) is 0.629. The lowest BCUT2D eigenvalue weighted by atomic mass is 9.86. The SMILES string of the molecule is CC(C)C(=O)Nc1ccc(CNC(=O)C(C)NC(=O)c2ccc(C(C)(C)C)cc2)cc1. The summed E-state index contributed by atoms with van der Waals surface area (Å²) in [6.07, 6.45) is 0. The molecule has 2 aromatic carbocycles. The maximum absolute atomic E-state index is 12.4. The Morgan fingerprint density at radius 2 is 1.42 bits per heavy atom. The van der Waals surface area contributed by atoms with Gasteiger partial charge in [0.2, 0.25) is 11.8 Å². The van der Waals surface area contributed by atoms with Crippen molar-refractivity contribution in [2.24, 2.45) is 5.92 Å². The third kappa shape index (κ3) is 7.24. The van der Waals surface area contributed by atoms with Crippen molar-refractivity contribution in [3.05, 3.63) is 65.2 Å². The number of rotatable bonds is 7. The highest BCUT2D eigenvalue weighted by Crippen LogP contribution is 2.22. The number of carbonyl (C=O) groups is 3. The van der Waals surface area contributed by atoms with Crippen LogP contribution >= 0.6 is 0 Å². The lowest BCUT2D eigenvalue weighted by Crippen LogP contribution is -2.44. The van der Waals surface area contributed by atoms with Gasteiger partial charge in [-0.3, -0.25) is 14.4 Å². The topological polar surface area (TPSA) is 87.3 Å². The largest absolute Gasteiger partial charge is 0.350 e. The van der Waals surface area contributed by atoms with E-state index in [0.29, 0.717) is 17.8 Å². The van der Waals surface area contributed by atoms with Crippen LogP contribution in [0.2, 0.25) is 0 Å². The van der Waals surface area contributed by atoms with E-state index in [9.17, 15) is 14.4 Å². The van der Waals surface area contributed by atoms with Crippen molar-refractivity contribution in [3.63, 3.8) is 0 Å². The van der Waals surface area contributed by atoms with Gasteiger partial charge in [-0.2, -0.15) is 0 Å². The van der Waals surface area contributed by atoms with Crippen molar-refractivity contribution in [2.75, 3.05) is 5.32 Å². The maximum Gasteiger partial charge on any atom is 0.251 e. The molecule has 0 saturated carbocycles. The van der Waals surface area contributed by atoms with Crippen LogP contribution in [0.5, 0.6) is 0 Å². The van der Waals surface area contributed by atoms with Crippen LogP contribution in [-0.4, -0.2) is 23.8 Å². The van der Waals surface area contributed by atoms with Gasteiger partial charge in [-0.15, -0.1) is 0 Å². The van der Waals surface area contributed by atoms with E-state index in [1.54, 1.807) is 31.2 Å². The molecule has 0 radical (unpaired) electrons. The van der Waals surface area contributed by atoms with E-state index in [0.717, 1.165) is 11.1 Å². The first kappa shape index (κ1) is 24.1. The molecule has 0 aliphatic rings. The molecular formula is C25H33N3O3. The molecule has 1 unspecified atom stereocenters. The van der Waals surface area contributed by atoms with Gasteiger partial charge < -0.3 is 16.0 Å². The summed E-state index contributed by atoms with van der Waals surface area (Å²) in [5.41, 5.74) is 3.29. The normalized spacial score (nSPS) is 12.2. The number of carbonyl (C=O) groups excluding carboxylic acids is 3. The second-order valence-electron chi connectivity index (χ2n) is 9.08. The van der Waals surface area contributed by atoms with Gasteiger partial charge in [-0.05, 0) is 47.7 Å². The fraction of sp³-hybridized carbons (Fsp3) is 0.400. The molecular weight excluding hydrogens is 390 g/mol. The summed E-state index contributed by atoms with van der Waals surface area (Å²) in [5.74, 6) is -0.684. The predicted octanol–water partition coefficient (Wildman–Crippen LogP) is 4.01. The van der Waals surface area contributed by atoms with Crippen molar-refractivity contribution in [3.8, 4) is 0 Å². The second kappa shape index (κ2) is 10.2. The summed E-state index contributed by atoms with van der Waals surface area (Å²) in [7, 11) is 0. The highest BCUT2D eigenvalue weighted by molar-refractivity contribution is 5.97. The number of nitrogens with one attached hydrogen (secondary N) is 3. The first-order valence-electron chi connectivity index (χ1n) is 10.6.